The van der Waals surface area contributed by atoms with Gasteiger partial charge in [-0.1, -0.05) is 48.5 Å². The van der Waals surface area contributed by atoms with Gasteiger partial charge in [-0.3, -0.25) is 14.5 Å². The number of aromatic nitrogens is 1. The van der Waals surface area contributed by atoms with Gasteiger partial charge >= 0.3 is 24.0 Å². The number of amides is 1. The van der Waals surface area contributed by atoms with E-state index < -0.39 is 41.6 Å². The van der Waals surface area contributed by atoms with E-state index in [-0.39, 0.29) is 18.7 Å². The Balaban J connectivity index is 2.19. The fraction of sp³-hybridized carbons (Fsp3) is 0.379. The minimum absolute atomic E-state index is 0.0463. The molecule has 0 unspecified atom stereocenters. The molecule has 0 bridgehead atoms. The zero-order valence-corrected chi connectivity index (χ0v) is 23.0. The molecule has 0 aliphatic rings. The van der Waals surface area contributed by atoms with Gasteiger partial charge in [0.2, 0.25) is 0 Å². The number of nitrogens with zero attached hydrogens (tertiary/aromatic N) is 1. The van der Waals surface area contributed by atoms with Crippen LogP contribution in [0.15, 0.2) is 54.6 Å². The molecular weight excluding hydrogens is 504 g/mol. The number of fused-ring (bicyclic) bond motifs is 1. The van der Waals surface area contributed by atoms with Gasteiger partial charge in [0, 0.05) is 29.6 Å². The number of carbonyl (C=O) groups excluding carboxylic acids is 4. The Morgan fingerprint density at radius 2 is 1.38 bits per heavy atom. The van der Waals surface area contributed by atoms with Gasteiger partial charge in [-0.15, -0.1) is 0 Å². The van der Waals surface area contributed by atoms with E-state index in [9.17, 15) is 19.2 Å². The van der Waals surface area contributed by atoms with Crippen molar-refractivity contribution in [1.82, 2.24) is 9.88 Å². The zero-order chi connectivity index (χ0) is 28.7. The summed E-state index contributed by atoms with van der Waals surface area (Å²) in [6.07, 6.45) is -0.816. The summed E-state index contributed by atoms with van der Waals surface area (Å²) in [6.45, 7) is 5.24. The first-order valence-electron chi connectivity index (χ1n) is 12.4. The molecule has 0 saturated carbocycles. The molecule has 2 aromatic carbocycles. The number of aromatic amines is 1. The monoisotopic (exact) mass is 538 g/mol. The number of hydrogen-bond acceptors (Lipinski definition) is 8. The number of H-pyrrole nitrogens is 1. The van der Waals surface area contributed by atoms with Gasteiger partial charge in [0.15, 0.2) is 5.92 Å². The van der Waals surface area contributed by atoms with E-state index in [4.69, 9.17) is 18.9 Å². The highest BCUT2D eigenvalue weighted by Gasteiger charge is 2.39. The number of rotatable bonds is 9. The number of esters is 3. The number of benzene rings is 2. The molecule has 10 nitrogen and oxygen atoms in total. The quantitative estimate of drug-likeness (QED) is 0.245. The van der Waals surface area contributed by atoms with Crippen molar-refractivity contribution < 1.29 is 38.1 Å². The van der Waals surface area contributed by atoms with Crippen LogP contribution in [0.1, 0.15) is 43.5 Å². The van der Waals surface area contributed by atoms with Crippen molar-refractivity contribution in [3.8, 4) is 0 Å². The van der Waals surface area contributed by atoms with Crippen LogP contribution >= 0.6 is 0 Å². The minimum atomic E-state index is -1.44. The molecule has 1 N–H and O–H groups in total. The lowest BCUT2D eigenvalue weighted by atomic mass is 9.94. The summed E-state index contributed by atoms with van der Waals surface area (Å²) in [5.74, 6) is -3.80. The van der Waals surface area contributed by atoms with Gasteiger partial charge in [-0.2, -0.15) is 0 Å². The van der Waals surface area contributed by atoms with Gasteiger partial charge in [0.25, 0.3) is 0 Å². The number of methoxy groups -OCH3 is 3. The van der Waals surface area contributed by atoms with Crippen LogP contribution in [-0.2, 0) is 46.3 Å². The molecule has 1 atom stereocenters. The van der Waals surface area contributed by atoms with Gasteiger partial charge in [0.1, 0.15) is 11.6 Å². The summed E-state index contributed by atoms with van der Waals surface area (Å²) in [5, 5.41) is 0.656. The van der Waals surface area contributed by atoms with E-state index in [0.717, 1.165) is 5.56 Å². The Labute approximate surface area is 227 Å². The average Bonchev–Trinajstić information content (AvgIpc) is 3.27. The normalized spacial score (nSPS) is 12.1. The van der Waals surface area contributed by atoms with Gasteiger partial charge in [-0.25, -0.2) is 9.59 Å². The summed E-state index contributed by atoms with van der Waals surface area (Å²) in [6, 6.07) is 15.1. The van der Waals surface area contributed by atoms with E-state index in [1.807, 2.05) is 30.3 Å². The first kappa shape index (κ1) is 29.2. The number of para-hydroxylation sites is 1. The van der Waals surface area contributed by atoms with Crippen LogP contribution in [0.2, 0.25) is 0 Å². The van der Waals surface area contributed by atoms with Crippen molar-refractivity contribution in [3.63, 3.8) is 0 Å². The predicted molar refractivity (Wildman–Crippen MR) is 143 cm³/mol. The molecule has 1 heterocycles. The van der Waals surface area contributed by atoms with Crippen molar-refractivity contribution in [2.45, 2.75) is 51.3 Å². The van der Waals surface area contributed by atoms with Crippen LogP contribution in [0.4, 0.5) is 4.79 Å². The number of hydrogen-bond donors (Lipinski definition) is 1. The standard InChI is InChI=1S/C29H34N2O8/c1-29(2,3)39-28(35)31(17-18-12-8-7-9-13-18)22(25(32)36-4)16-20-19-14-10-11-15-21(19)30-24(20)23(26(33)37-5)27(34)38-6/h7-15,22-23,30H,16-17H2,1-6H3/t22-/m0/s1. The van der Waals surface area contributed by atoms with Gasteiger partial charge in [-0.05, 0) is 38.0 Å². The largest absolute Gasteiger partial charge is 0.468 e. The minimum Gasteiger partial charge on any atom is -0.468 e. The molecule has 3 rings (SSSR count). The first-order chi connectivity index (χ1) is 18.5. The summed E-state index contributed by atoms with van der Waals surface area (Å²) in [5.41, 5.74) is 1.21. The Hall–Kier alpha value is -4.34. The van der Waals surface area contributed by atoms with Gasteiger partial charge in [0.05, 0.1) is 21.3 Å². The van der Waals surface area contributed by atoms with Crippen molar-refractivity contribution in [3.05, 3.63) is 71.4 Å². The van der Waals surface area contributed by atoms with E-state index in [1.54, 1.807) is 45.0 Å². The summed E-state index contributed by atoms with van der Waals surface area (Å²) >= 11 is 0. The Morgan fingerprint density at radius 1 is 0.821 bits per heavy atom. The van der Waals surface area contributed by atoms with Crippen molar-refractivity contribution in [2.75, 3.05) is 21.3 Å². The second-order valence-corrected chi connectivity index (χ2v) is 9.88. The lowest BCUT2D eigenvalue weighted by Crippen LogP contribution is -2.48. The third-order valence-corrected chi connectivity index (χ3v) is 6.08. The lowest BCUT2D eigenvalue weighted by Gasteiger charge is -2.32. The highest BCUT2D eigenvalue weighted by molar-refractivity contribution is 6.02. The molecule has 1 amide bonds. The Kier molecular flexibility index (Phi) is 9.34. The molecule has 208 valence electrons. The van der Waals surface area contributed by atoms with Crippen molar-refractivity contribution >= 4 is 34.9 Å². The average molecular weight is 539 g/mol. The lowest BCUT2D eigenvalue weighted by molar-refractivity contribution is -0.154. The highest BCUT2D eigenvalue weighted by Crippen LogP contribution is 2.32. The number of carbonyl (C=O) groups is 4. The summed E-state index contributed by atoms with van der Waals surface area (Å²) < 4.78 is 20.6. The third-order valence-electron chi connectivity index (χ3n) is 6.08. The Morgan fingerprint density at radius 3 is 1.95 bits per heavy atom. The highest BCUT2D eigenvalue weighted by atomic mass is 16.6. The van der Waals surface area contributed by atoms with Gasteiger partial charge < -0.3 is 23.9 Å². The van der Waals surface area contributed by atoms with Crippen molar-refractivity contribution in [1.29, 1.82) is 0 Å². The van der Waals surface area contributed by atoms with Crippen LogP contribution in [-0.4, -0.2) is 66.9 Å². The SMILES string of the molecule is COC(=O)C(C(=O)OC)c1[nH]c2ccccc2c1C[C@@H](C(=O)OC)N(Cc1ccccc1)C(=O)OC(C)(C)C. The first-order valence-corrected chi connectivity index (χ1v) is 12.4. The molecule has 10 heteroatoms. The molecule has 0 spiro atoms. The smallest absolute Gasteiger partial charge is 0.411 e. The number of ether oxygens (including phenoxy) is 4. The van der Waals surface area contributed by atoms with E-state index in [1.165, 1.54) is 26.2 Å². The maximum absolute atomic E-state index is 13.5. The Bertz CT molecular complexity index is 1310. The molecule has 0 fully saturated rings. The molecule has 0 aliphatic heterocycles. The van der Waals surface area contributed by atoms with Crippen LogP contribution in [0, 0.1) is 0 Å². The second-order valence-electron chi connectivity index (χ2n) is 9.88. The molecule has 0 aliphatic carbocycles. The zero-order valence-electron chi connectivity index (χ0n) is 23.0. The molecule has 39 heavy (non-hydrogen) atoms. The topological polar surface area (TPSA) is 124 Å². The molecule has 0 saturated heterocycles. The van der Waals surface area contributed by atoms with E-state index >= 15 is 0 Å². The molecule has 0 radical (unpaired) electrons. The third kappa shape index (κ3) is 6.95. The van der Waals surface area contributed by atoms with Crippen LogP contribution in [0.5, 0.6) is 0 Å². The molecular formula is C29H34N2O8. The van der Waals surface area contributed by atoms with Crippen LogP contribution in [0.25, 0.3) is 10.9 Å². The molecule has 3 aromatic rings. The van der Waals surface area contributed by atoms with Crippen LogP contribution < -0.4 is 0 Å². The molecule has 1 aromatic heterocycles. The van der Waals surface area contributed by atoms with E-state index in [2.05, 4.69) is 4.98 Å². The van der Waals surface area contributed by atoms with E-state index in [0.29, 0.717) is 16.5 Å². The van der Waals surface area contributed by atoms with Crippen molar-refractivity contribution in [2.24, 2.45) is 0 Å². The van der Waals surface area contributed by atoms with Crippen LogP contribution in [0.3, 0.4) is 0 Å². The fourth-order valence-electron chi connectivity index (χ4n) is 4.31. The summed E-state index contributed by atoms with van der Waals surface area (Å²) in [4.78, 5) is 56.7. The number of nitrogens with one attached hydrogen (secondary N) is 1. The second kappa shape index (κ2) is 12.5. The fourth-order valence-corrected chi connectivity index (χ4v) is 4.31. The maximum atomic E-state index is 13.5. The predicted octanol–water partition coefficient (Wildman–Crippen LogP) is 4.12. The summed E-state index contributed by atoms with van der Waals surface area (Å²) in [7, 11) is 3.57. The maximum Gasteiger partial charge on any atom is 0.411 e.